The molecule has 0 amide bonds. The fourth-order valence-electron chi connectivity index (χ4n) is 2.31. The molecule has 2 aromatic rings. The summed E-state index contributed by atoms with van der Waals surface area (Å²) in [5.74, 6) is -2.22. The molecule has 0 spiro atoms. The van der Waals surface area contributed by atoms with E-state index in [2.05, 4.69) is 14.9 Å². The first-order valence-corrected chi connectivity index (χ1v) is 8.49. The highest BCUT2D eigenvalue weighted by atomic mass is 32.2. The summed E-state index contributed by atoms with van der Waals surface area (Å²) in [7, 11) is -1.37. The molecule has 13 heteroatoms. The Balaban J connectivity index is 1.90. The number of rotatable bonds is 5. The minimum atomic E-state index is -3.18. The maximum atomic E-state index is 12.4. The molecule has 0 aliphatic carbocycles. The van der Waals surface area contributed by atoms with Crippen LogP contribution >= 0.6 is 23.1 Å². The van der Waals surface area contributed by atoms with E-state index < -0.39 is 36.2 Å². The van der Waals surface area contributed by atoms with Gasteiger partial charge in [-0.15, -0.1) is 10.2 Å². The standard InChI is InChI=1S/C12H10BF2N3O5S2/c14-10(15)22-5-2-1-4-3-6(24-12-18-17-11(16)25-12)13(21)23-8(4)7(5)9(19)20/h1-2,6,10,21H,3H2,(H2,16,17)(H,19,20)/t6-/m0/s1. The van der Waals surface area contributed by atoms with E-state index in [0.717, 1.165) is 17.4 Å². The lowest BCUT2D eigenvalue weighted by Gasteiger charge is -2.28. The number of ether oxygens (including phenoxy) is 1. The molecular formula is C12H10BF2N3O5S2. The molecule has 25 heavy (non-hydrogen) atoms. The number of anilines is 1. The number of carboxylic acid groups (broad SMARTS) is 1. The summed E-state index contributed by atoms with van der Waals surface area (Å²) in [6, 6.07) is 2.56. The summed E-state index contributed by atoms with van der Waals surface area (Å²) in [5, 5.41) is 26.7. The lowest BCUT2D eigenvalue weighted by molar-refractivity contribution is -0.0504. The maximum absolute atomic E-state index is 12.4. The number of fused-ring (bicyclic) bond motifs is 1. The summed E-state index contributed by atoms with van der Waals surface area (Å²) in [6.45, 7) is -3.18. The molecule has 132 valence electrons. The maximum Gasteiger partial charge on any atom is 0.537 e. The van der Waals surface area contributed by atoms with Crippen LogP contribution in [0, 0.1) is 0 Å². The number of thioether (sulfide) groups is 1. The molecule has 1 aromatic heterocycles. The van der Waals surface area contributed by atoms with Gasteiger partial charge in [-0.1, -0.05) is 29.2 Å². The van der Waals surface area contributed by atoms with Crippen molar-refractivity contribution in [2.24, 2.45) is 0 Å². The van der Waals surface area contributed by atoms with Crippen molar-refractivity contribution in [3.05, 3.63) is 23.3 Å². The average Bonchev–Trinajstić information content (AvgIpc) is 2.92. The number of carboxylic acids is 1. The van der Waals surface area contributed by atoms with E-state index in [4.69, 9.17) is 10.4 Å². The molecule has 0 fully saturated rings. The van der Waals surface area contributed by atoms with Crippen LogP contribution in [0.25, 0.3) is 0 Å². The second kappa shape index (κ2) is 7.02. The molecule has 2 heterocycles. The van der Waals surface area contributed by atoms with Gasteiger partial charge in [-0.2, -0.15) is 8.78 Å². The lowest BCUT2D eigenvalue weighted by atomic mass is 9.77. The zero-order valence-corrected chi connectivity index (χ0v) is 13.9. The number of aromatic nitrogens is 2. The Labute approximate surface area is 148 Å². The number of nitrogens with zero attached hydrogens (tertiary/aromatic N) is 2. The van der Waals surface area contributed by atoms with Crippen molar-refractivity contribution in [1.82, 2.24) is 10.2 Å². The Hall–Kier alpha value is -2.12. The first-order chi connectivity index (χ1) is 11.8. The first-order valence-electron chi connectivity index (χ1n) is 6.79. The van der Waals surface area contributed by atoms with Gasteiger partial charge in [0.05, 0.1) is 5.15 Å². The minimum Gasteiger partial charge on any atom is -0.534 e. The van der Waals surface area contributed by atoms with Crippen LogP contribution < -0.4 is 15.1 Å². The monoisotopic (exact) mass is 389 g/mol. The van der Waals surface area contributed by atoms with Crippen LogP contribution in [0.15, 0.2) is 16.5 Å². The molecule has 4 N–H and O–H groups in total. The highest BCUT2D eigenvalue weighted by molar-refractivity contribution is 8.02. The number of halogens is 2. The predicted octanol–water partition coefficient (Wildman–Crippen LogP) is 1.54. The molecule has 8 nitrogen and oxygen atoms in total. The van der Waals surface area contributed by atoms with Gasteiger partial charge in [0.2, 0.25) is 5.13 Å². The van der Waals surface area contributed by atoms with Crippen molar-refractivity contribution >= 4 is 41.3 Å². The van der Waals surface area contributed by atoms with E-state index in [1.54, 1.807) is 0 Å². The lowest BCUT2D eigenvalue weighted by Crippen LogP contribution is -2.40. The third-order valence-corrected chi connectivity index (χ3v) is 5.35. The summed E-state index contributed by atoms with van der Waals surface area (Å²) >= 11 is 2.31. The Morgan fingerprint density at radius 1 is 1.52 bits per heavy atom. The number of hydrogen-bond donors (Lipinski definition) is 3. The van der Waals surface area contributed by atoms with Crippen LogP contribution in [-0.4, -0.2) is 45.2 Å². The molecule has 0 saturated carbocycles. The van der Waals surface area contributed by atoms with Gasteiger partial charge in [-0.05, 0) is 18.1 Å². The second-order valence-corrected chi connectivity index (χ2v) is 7.38. The quantitative estimate of drug-likeness (QED) is 0.653. The molecule has 1 aromatic carbocycles. The Bertz CT molecular complexity index is 809. The highest BCUT2D eigenvalue weighted by Gasteiger charge is 2.39. The van der Waals surface area contributed by atoms with Gasteiger partial charge in [0.25, 0.3) is 0 Å². The van der Waals surface area contributed by atoms with Gasteiger partial charge >= 0.3 is 19.7 Å². The van der Waals surface area contributed by atoms with Gasteiger partial charge < -0.3 is 25.3 Å². The summed E-state index contributed by atoms with van der Waals surface area (Å²) in [6.07, 6.45) is 0.232. The van der Waals surface area contributed by atoms with Crippen LogP contribution in [-0.2, 0) is 6.42 Å². The summed E-state index contributed by atoms with van der Waals surface area (Å²) < 4.78 is 34.9. The van der Waals surface area contributed by atoms with Crippen molar-refractivity contribution in [1.29, 1.82) is 0 Å². The fraction of sp³-hybridized carbons (Fsp3) is 0.250. The number of nitrogen functional groups attached to an aromatic ring is 1. The van der Waals surface area contributed by atoms with E-state index in [9.17, 15) is 23.7 Å². The molecule has 0 unspecified atom stereocenters. The molecule has 1 aliphatic rings. The van der Waals surface area contributed by atoms with E-state index in [1.165, 1.54) is 17.8 Å². The zero-order chi connectivity index (χ0) is 18.1. The number of aromatic carboxylic acids is 1. The van der Waals surface area contributed by atoms with Gasteiger partial charge in [0.15, 0.2) is 4.34 Å². The van der Waals surface area contributed by atoms with Crippen molar-refractivity contribution in [3.8, 4) is 11.5 Å². The van der Waals surface area contributed by atoms with E-state index in [-0.39, 0.29) is 17.3 Å². The van der Waals surface area contributed by atoms with Crippen LogP contribution in [0.1, 0.15) is 15.9 Å². The smallest absolute Gasteiger partial charge is 0.534 e. The largest absolute Gasteiger partial charge is 0.537 e. The third-order valence-electron chi connectivity index (χ3n) is 3.28. The van der Waals surface area contributed by atoms with E-state index in [0.29, 0.717) is 9.90 Å². The fourth-order valence-corrected chi connectivity index (χ4v) is 4.25. The highest BCUT2D eigenvalue weighted by Crippen LogP contribution is 2.40. The van der Waals surface area contributed by atoms with Crippen LogP contribution in [0.3, 0.4) is 0 Å². The van der Waals surface area contributed by atoms with Gasteiger partial charge in [-0.25, -0.2) is 4.79 Å². The minimum absolute atomic E-state index is 0.188. The average molecular weight is 389 g/mol. The summed E-state index contributed by atoms with van der Waals surface area (Å²) in [4.78, 5) is 11.4. The van der Waals surface area contributed by atoms with Crippen LogP contribution in [0.4, 0.5) is 13.9 Å². The van der Waals surface area contributed by atoms with Crippen molar-refractivity contribution in [2.75, 3.05) is 5.73 Å². The third kappa shape index (κ3) is 3.77. The number of nitrogens with two attached hydrogens (primary N) is 1. The topological polar surface area (TPSA) is 128 Å². The van der Waals surface area contributed by atoms with Crippen molar-refractivity contribution < 1.29 is 33.1 Å². The predicted molar refractivity (Wildman–Crippen MR) is 86.3 cm³/mol. The van der Waals surface area contributed by atoms with Gasteiger partial charge in [0, 0.05) is 0 Å². The molecule has 0 saturated heterocycles. The van der Waals surface area contributed by atoms with Crippen LogP contribution in [0.5, 0.6) is 11.5 Å². The Kier molecular flexibility index (Phi) is 4.97. The normalized spacial score (nSPS) is 16.5. The number of alkyl halides is 2. The van der Waals surface area contributed by atoms with E-state index in [1.807, 2.05) is 0 Å². The molecule has 0 radical (unpaired) electrons. The SMILES string of the molecule is Nc1nnc(S[C@H]2Cc3ccc(OC(F)F)c(C(=O)O)c3OB2O)s1. The number of benzene rings is 1. The Morgan fingerprint density at radius 3 is 2.88 bits per heavy atom. The second-order valence-electron chi connectivity index (χ2n) is 4.89. The van der Waals surface area contributed by atoms with E-state index >= 15 is 0 Å². The molecular weight excluding hydrogens is 379 g/mol. The molecule has 1 atom stereocenters. The van der Waals surface area contributed by atoms with Crippen LogP contribution in [0.2, 0.25) is 0 Å². The molecule has 3 rings (SSSR count). The van der Waals surface area contributed by atoms with Crippen molar-refractivity contribution in [3.63, 3.8) is 0 Å². The summed E-state index contributed by atoms with van der Waals surface area (Å²) in [5.41, 5.74) is 5.39. The number of carbonyl (C=O) groups is 1. The number of hydrogen-bond acceptors (Lipinski definition) is 9. The molecule has 1 aliphatic heterocycles. The first kappa shape index (κ1) is 17.7. The van der Waals surface area contributed by atoms with Gasteiger partial charge in [-0.3, -0.25) is 0 Å². The molecule has 0 bridgehead atoms. The van der Waals surface area contributed by atoms with Crippen molar-refractivity contribution in [2.45, 2.75) is 22.5 Å². The zero-order valence-electron chi connectivity index (χ0n) is 12.3. The van der Waals surface area contributed by atoms with Gasteiger partial charge in [0.1, 0.15) is 17.1 Å². The Morgan fingerprint density at radius 2 is 2.28 bits per heavy atom.